The number of sulfonamides is 1. The summed E-state index contributed by atoms with van der Waals surface area (Å²) in [6, 6.07) is 5.19. The van der Waals surface area contributed by atoms with E-state index in [9.17, 15) is 22.0 Å². The minimum absolute atomic E-state index is 0.184. The van der Waals surface area contributed by atoms with Crippen LogP contribution in [0.4, 0.5) is 13.9 Å². The zero-order valence-electron chi connectivity index (χ0n) is 17.2. The number of hydrogen-bond donors (Lipinski definition) is 2. The summed E-state index contributed by atoms with van der Waals surface area (Å²) in [5.74, 6) is -1.98. The van der Waals surface area contributed by atoms with E-state index in [0.717, 1.165) is 23.6 Å². The monoisotopic (exact) mass is 478 g/mol. The molecule has 0 saturated heterocycles. The van der Waals surface area contributed by atoms with Gasteiger partial charge in [-0.2, -0.15) is 0 Å². The maximum atomic E-state index is 14.7. The van der Waals surface area contributed by atoms with Crippen LogP contribution in [-0.2, 0) is 15.6 Å². The number of pyridine rings is 1. The van der Waals surface area contributed by atoms with Crippen molar-refractivity contribution in [1.82, 2.24) is 15.3 Å². The number of rotatable bonds is 7. The third kappa shape index (κ3) is 4.78. The highest BCUT2D eigenvalue weighted by Gasteiger charge is 2.36. The standard InChI is InChI=1S/C21H20F2N4O3S2/c1-21(2,18-11-31-20(25-18)27-32(29,30)15-4-5-15)26-19(28)16-6-3-12(8-17(16)23)13-7-14(22)10-24-9-13/h3,6-11,15H,4-5H2,1-2H3,(H,25,27)(H,26,28). The van der Waals surface area contributed by atoms with Crippen molar-refractivity contribution >= 4 is 32.4 Å². The summed E-state index contributed by atoms with van der Waals surface area (Å²) in [4.78, 5) is 20.8. The third-order valence-electron chi connectivity index (χ3n) is 5.02. The largest absolute Gasteiger partial charge is 0.341 e. The summed E-state index contributed by atoms with van der Waals surface area (Å²) in [5, 5.41) is 4.20. The second-order valence-electron chi connectivity index (χ2n) is 8.05. The summed E-state index contributed by atoms with van der Waals surface area (Å²) in [6.45, 7) is 3.37. The topological polar surface area (TPSA) is 101 Å². The summed E-state index contributed by atoms with van der Waals surface area (Å²) < 4.78 is 54.7. The molecular formula is C21H20F2N4O3S2. The Labute approximate surface area is 188 Å². The molecular weight excluding hydrogens is 458 g/mol. The molecule has 0 aliphatic heterocycles. The van der Waals surface area contributed by atoms with Gasteiger partial charge in [-0.25, -0.2) is 22.2 Å². The minimum atomic E-state index is -3.44. The molecule has 3 aromatic rings. The number of anilines is 1. The molecule has 32 heavy (non-hydrogen) atoms. The molecule has 1 aliphatic rings. The predicted octanol–water partition coefficient (Wildman–Crippen LogP) is 4.05. The van der Waals surface area contributed by atoms with Crippen LogP contribution in [0.2, 0.25) is 0 Å². The van der Waals surface area contributed by atoms with Crippen molar-refractivity contribution in [3.05, 3.63) is 64.9 Å². The van der Waals surface area contributed by atoms with Crippen LogP contribution in [-0.4, -0.2) is 29.5 Å². The smallest absolute Gasteiger partial charge is 0.254 e. The molecule has 1 fully saturated rings. The Morgan fingerprint density at radius 1 is 1.16 bits per heavy atom. The molecule has 2 N–H and O–H groups in total. The lowest BCUT2D eigenvalue weighted by atomic mass is 10.00. The van der Waals surface area contributed by atoms with Gasteiger partial charge < -0.3 is 5.32 Å². The van der Waals surface area contributed by atoms with E-state index < -0.39 is 33.1 Å². The number of benzene rings is 1. The van der Waals surface area contributed by atoms with Crippen LogP contribution in [0.25, 0.3) is 11.1 Å². The molecule has 168 valence electrons. The van der Waals surface area contributed by atoms with Crippen molar-refractivity contribution in [2.24, 2.45) is 0 Å². The van der Waals surface area contributed by atoms with E-state index in [4.69, 9.17) is 0 Å². The fraction of sp³-hybridized carbons (Fsp3) is 0.286. The molecule has 0 unspecified atom stereocenters. The molecule has 2 heterocycles. The highest BCUT2D eigenvalue weighted by Crippen LogP contribution is 2.32. The quantitative estimate of drug-likeness (QED) is 0.534. The first-order valence-corrected chi connectivity index (χ1v) is 12.2. The highest BCUT2D eigenvalue weighted by atomic mass is 32.2. The molecule has 2 aromatic heterocycles. The van der Waals surface area contributed by atoms with E-state index in [1.165, 1.54) is 24.4 Å². The van der Waals surface area contributed by atoms with Crippen molar-refractivity contribution < 1.29 is 22.0 Å². The Kier molecular flexibility index (Phi) is 5.72. The SMILES string of the molecule is CC(C)(NC(=O)c1ccc(-c2cncc(F)c2)cc1F)c1csc(NS(=O)(=O)C2CC2)n1. The summed E-state index contributed by atoms with van der Waals surface area (Å²) in [6.07, 6.45) is 3.72. The van der Waals surface area contributed by atoms with E-state index in [-0.39, 0.29) is 15.9 Å². The average Bonchev–Trinajstić information content (AvgIpc) is 3.48. The number of thiazole rings is 1. The van der Waals surface area contributed by atoms with Gasteiger partial charge in [0.25, 0.3) is 5.91 Å². The number of amides is 1. The van der Waals surface area contributed by atoms with E-state index >= 15 is 0 Å². The van der Waals surface area contributed by atoms with Crippen molar-refractivity contribution in [2.75, 3.05) is 4.72 Å². The van der Waals surface area contributed by atoms with E-state index in [2.05, 4.69) is 20.0 Å². The number of hydrogen-bond acceptors (Lipinski definition) is 6. The second kappa shape index (κ2) is 8.21. The average molecular weight is 479 g/mol. The van der Waals surface area contributed by atoms with Crippen LogP contribution < -0.4 is 10.0 Å². The van der Waals surface area contributed by atoms with Crippen LogP contribution in [0.1, 0.15) is 42.7 Å². The van der Waals surface area contributed by atoms with E-state index in [1.807, 2.05) is 0 Å². The maximum absolute atomic E-state index is 14.7. The fourth-order valence-electron chi connectivity index (χ4n) is 3.05. The van der Waals surface area contributed by atoms with Crippen LogP contribution in [0.5, 0.6) is 0 Å². The van der Waals surface area contributed by atoms with Gasteiger partial charge in [0, 0.05) is 17.1 Å². The second-order valence-corrected chi connectivity index (χ2v) is 10.9. The van der Waals surface area contributed by atoms with E-state index in [0.29, 0.717) is 29.7 Å². The number of nitrogens with one attached hydrogen (secondary N) is 2. The predicted molar refractivity (Wildman–Crippen MR) is 118 cm³/mol. The molecule has 0 atom stereocenters. The third-order valence-corrected chi connectivity index (χ3v) is 7.73. The molecule has 7 nitrogen and oxygen atoms in total. The molecule has 11 heteroatoms. The Morgan fingerprint density at radius 2 is 1.91 bits per heavy atom. The van der Waals surface area contributed by atoms with Gasteiger partial charge in [0.2, 0.25) is 10.0 Å². The summed E-state index contributed by atoms with van der Waals surface area (Å²) in [7, 11) is -3.44. The van der Waals surface area contributed by atoms with Crippen LogP contribution in [0.3, 0.4) is 0 Å². The number of halogens is 2. The molecule has 0 radical (unpaired) electrons. The molecule has 0 bridgehead atoms. The molecule has 0 spiro atoms. The van der Waals surface area contributed by atoms with Gasteiger partial charge >= 0.3 is 0 Å². The van der Waals surface area contributed by atoms with Crippen LogP contribution in [0, 0.1) is 11.6 Å². The first-order valence-electron chi connectivity index (χ1n) is 9.76. The maximum Gasteiger partial charge on any atom is 0.254 e. The van der Waals surface area contributed by atoms with Crippen molar-refractivity contribution in [3.8, 4) is 11.1 Å². The van der Waals surface area contributed by atoms with E-state index in [1.54, 1.807) is 19.2 Å². The Bertz CT molecular complexity index is 1290. The Morgan fingerprint density at radius 3 is 2.56 bits per heavy atom. The number of carbonyl (C=O) groups excluding carboxylic acids is 1. The van der Waals surface area contributed by atoms with Crippen LogP contribution in [0.15, 0.2) is 42.0 Å². The van der Waals surface area contributed by atoms with Crippen molar-refractivity contribution in [1.29, 1.82) is 0 Å². The molecule has 1 aliphatic carbocycles. The van der Waals surface area contributed by atoms with Gasteiger partial charge in [0.15, 0.2) is 5.13 Å². The number of nitrogens with zero attached hydrogens (tertiary/aromatic N) is 2. The van der Waals surface area contributed by atoms with Crippen LogP contribution >= 0.6 is 11.3 Å². The Balaban J connectivity index is 1.49. The van der Waals surface area contributed by atoms with Gasteiger partial charge in [-0.15, -0.1) is 11.3 Å². The summed E-state index contributed by atoms with van der Waals surface area (Å²) >= 11 is 1.11. The van der Waals surface area contributed by atoms with Gasteiger partial charge in [-0.05, 0) is 50.5 Å². The summed E-state index contributed by atoms with van der Waals surface area (Å²) in [5.41, 5.74) is 0.0366. The zero-order valence-corrected chi connectivity index (χ0v) is 18.9. The lowest BCUT2D eigenvalue weighted by molar-refractivity contribution is 0.0906. The van der Waals surface area contributed by atoms with Gasteiger partial charge in [-0.3, -0.25) is 14.5 Å². The van der Waals surface area contributed by atoms with Gasteiger partial charge in [-0.1, -0.05) is 6.07 Å². The molecule has 4 rings (SSSR count). The highest BCUT2D eigenvalue weighted by molar-refractivity contribution is 7.93. The molecule has 1 amide bonds. The Hall–Kier alpha value is -2.92. The first kappa shape index (κ1) is 22.3. The zero-order chi connectivity index (χ0) is 23.1. The van der Waals surface area contributed by atoms with Gasteiger partial charge in [0.1, 0.15) is 11.6 Å². The fourth-order valence-corrected chi connectivity index (χ4v) is 5.53. The first-order chi connectivity index (χ1) is 15.0. The molecule has 1 saturated carbocycles. The lowest BCUT2D eigenvalue weighted by Crippen LogP contribution is -2.41. The van der Waals surface area contributed by atoms with Crippen molar-refractivity contribution in [2.45, 2.75) is 37.5 Å². The number of carbonyl (C=O) groups is 1. The molecule has 1 aromatic carbocycles. The van der Waals surface area contributed by atoms with Crippen molar-refractivity contribution in [3.63, 3.8) is 0 Å². The lowest BCUT2D eigenvalue weighted by Gasteiger charge is -2.24. The van der Waals surface area contributed by atoms with Gasteiger partial charge in [0.05, 0.1) is 28.2 Å². The minimum Gasteiger partial charge on any atom is -0.341 e. The number of aromatic nitrogens is 2. The normalized spacial score (nSPS) is 14.2.